The van der Waals surface area contributed by atoms with E-state index in [4.69, 9.17) is 0 Å². The van der Waals surface area contributed by atoms with Crippen molar-refractivity contribution < 1.29 is 0 Å². The lowest BCUT2D eigenvalue weighted by Crippen LogP contribution is -2.51. The summed E-state index contributed by atoms with van der Waals surface area (Å²) in [4.78, 5) is 2.79. The molecule has 0 spiro atoms. The molecule has 1 aromatic rings. The molecule has 1 aromatic carbocycles. The van der Waals surface area contributed by atoms with Gasteiger partial charge in [-0.2, -0.15) is 0 Å². The molecule has 0 radical (unpaired) electrons. The highest BCUT2D eigenvalue weighted by Crippen LogP contribution is 2.47. The zero-order valence-electron chi connectivity index (χ0n) is 11.6. The first-order valence-electron chi connectivity index (χ1n) is 7.92. The van der Waals surface area contributed by atoms with Gasteiger partial charge in [0.15, 0.2) is 0 Å². The number of nitrogens with zero attached hydrogens (tertiary/aromatic N) is 1. The summed E-state index contributed by atoms with van der Waals surface area (Å²) in [7, 11) is 0. The number of nitrogens with one attached hydrogen (secondary N) is 1. The van der Waals surface area contributed by atoms with Gasteiger partial charge in [-0.3, -0.25) is 4.90 Å². The van der Waals surface area contributed by atoms with E-state index in [1.807, 2.05) is 0 Å². The van der Waals surface area contributed by atoms with Gasteiger partial charge in [-0.05, 0) is 36.7 Å². The highest BCUT2D eigenvalue weighted by Gasteiger charge is 2.43. The van der Waals surface area contributed by atoms with Gasteiger partial charge >= 0.3 is 0 Å². The fraction of sp³-hybridized carbons (Fsp3) is 0.647. The lowest BCUT2D eigenvalue weighted by atomic mass is 9.92. The highest BCUT2D eigenvalue weighted by molar-refractivity contribution is 5.20. The number of fused-ring (bicyclic) bond motifs is 2. The Morgan fingerprint density at radius 2 is 1.95 bits per heavy atom. The smallest absolute Gasteiger partial charge is 0.0449 e. The molecular weight excluding hydrogens is 232 g/mol. The largest absolute Gasteiger partial charge is 0.308 e. The summed E-state index contributed by atoms with van der Waals surface area (Å²) in [5.41, 5.74) is 1.45. The number of piperazine rings is 1. The second kappa shape index (κ2) is 4.92. The third-order valence-corrected chi connectivity index (χ3v) is 5.58. The molecule has 2 bridgehead atoms. The maximum absolute atomic E-state index is 3.69. The fourth-order valence-electron chi connectivity index (χ4n) is 4.64. The van der Waals surface area contributed by atoms with Gasteiger partial charge in [0, 0.05) is 31.7 Å². The Balaban J connectivity index is 1.47. The van der Waals surface area contributed by atoms with Crippen molar-refractivity contribution in [1.82, 2.24) is 10.2 Å². The molecule has 2 saturated carbocycles. The summed E-state index contributed by atoms with van der Waals surface area (Å²) in [5, 5.41) is 3.69. The second-order valence-corrected chi connectivity index (χ2v) is 6.65. The Hall–Kier alpha value is -0.860. The van der Waals surface area contributed by atoms with Crippen molar-refractivity contribution in [3.8, 4) is 0 Å². The normalized spacial score (nSPS) is 38.7. The van der Waals surface area contributed by atoms with E-state index in [-0.39, 0.29) is 0 Å². The predicted octanol–water partition coefficient (Wildman–Crippen LogP) is 2.82. The van der Waals surface area contributed by atoms with Crippen LogP contribution in [0.4, 0.5) is 0 Å². The molecule has 4 atom stereocenters. The molecule has 1 saturated heterocycles. The molecule has 19 heavy (non-hydrogen) atoms. The van der Waals surface area contributed by atoms with Gasteiger partial charge in [-0.25, -0.2) is 0 Å². The van der Waals surface area contributed by atoms with E-state index in [0.29, 0.717) is 6.04 Å². The van der Waals surface area contributed by atoms with Crippen molar-refractivity contribution in [3.63, 3.8) is 0 Å². The quantitative estimate of drug-likeness (QED) is 0.875. The summed E-state index contributed by atoms with van der Waals surface area (Å²) in [6.07, 6.45) is 6.00. The Morgan fingerprint density at radius 3 is 2.68 bits per heavy atom. The summed E-state index contributed by atoms with van der Waals surface area (Å²) < 4.78 is 0. The van der Waals surface area contributed by atoms with Crippen molar-refractivity contribution in [2.45, 2.75) is 37.8 Å². The monoisotopic (exact) mass is 256 g/mol. The first-order chi connectivity index (χ1) is 9.40. The minimum atomic E-state index is 0.536. The maximum Gasteiger partial charge on any atom is 0.0449 e. The molecule has 2 aliphatic carbocycles. The molecule has 102 valence electrons. The zero-order chi connectivity index (χ0) is 12.7. The SMILES string of the molecule is c1ccc(C2CN(C3CC4CCC3C4)CCN2)cc1. The molecule has 3 aliphatic rings. The van der Waals surface area contributed by atoms with Crippen LogP contribution in [0.25, 0.3) is 0 Å². The average Bonchev–Trinajstić information content (AvgIpc) is 3.11. The minimum absolute atomic E-state index is 0.536. The number of benzene rings is 1. The van der Waals surface area contributed by atoms with E-state index in [1.54, 1.807) is 0 Å². The molecular formula is C17H24N2. The van der Waals surface area contributed by atoms with Crippen LogP contribution in [-0.4, -0.2) is 30.6 Å². The summed E-state index contributed by atoms with van der Waals surface area (Å²) >= 11 is 0. The van der Waals surface area contributed by atoms with Crippen LogP contribution in [0.2, 0.25) is 0 Å². The molecule has 0 amide bonds. The average molecular weight is 256 g/mol. The van der Waals surface area contributed by atoms with Crippen LogP contribution < -0.4 is 5.32 Å². The molecule has 2 heteroatoms. The first-order valence-corrected chi connectivity index (χ1v) is 7.92. The molecule has 1 N–H and O–H groups in total. The molecule has 1 aliphatic heterocycles. The van der Waals surface area contributed by atoms with E-state index < -0.39 is 0 Å². The number of hydrogen-bond donors (Lipinski definition) is 1. The Morgan fingerprint density at radius 1 is 1.05 bits per heavy atom. The molecule has 0 aromatic heterocycles. The van der Waals surface area contributed by atoms with Gasteiger partial charge in [0.1, 0.15) is 0 Å². The van der Waals surface area contributed by atoms with Crippen molar-refractivity contribution in [2.24, 2.45) is 11.8 Å². The van der Waals surface area contributed by atoms with E-state index in [1.165, 1.54) is 44.3 Å². The number of rotatable bonds is 2. The van der Waals surface area contributed by atoms with E-state index >= 15 is 0 Å². The van der Waals surface area contributed by atoms with E-state index in [9.17, 15) is 0 Å². The van der Waals surface area contributed by atoms with Gasteiger partial charge in [-0.15, -0.1) is 0 Å². The Kier molecular flexibility index (Phi) is 3.08. The van der Waals surface area contributed by atoms with Crippen LogP contribution in [0.15, 0.2) is 30.3 Å². The highest BCUT2D eigenvalue weighted by atomic mass is 15.2. The molecule has 2 nitrogen and oxygen atoms in total. The second-order valence-electron chi connectivity index (χ2n) is 6.65. The Labute approximate surface area is 116 Å². The van der Waals surface area contributed by atoms with Gasteiger partial charge in [-0.1, -0.05) is 36.8 Å². The molecule has 4 unspecified atom stereocenters. The van der Waals surface area contributed by atoms with Crippen molar-refractivity contribution in [1.29, 1.82) is 0 Å². The maximum atomic E-state index is 3.69. The standard InChI is InChI=1S/C17H24N2/c1-2-4-14(5-3-1)16-12-19(9-8-18-16)17-11-13-6-7-15(17)10-13/h1-5,13,15-18H,6-12H2. The van der Waals surface area contributed by atoms with Crippen molar-refractivity contribution in [3.05, 3.63) is 35.9 Å². The van der Waals surface area contributed by atoms with Crippen LogP contribution in [0.1, 0.15) is 37.3 Å². The van der Waals surface area contributed by atoms with Crippen molar-refractivity contribution in [2.75, 3.05) is 19.6 Å². The molecule has 4 rings (SSSR count). The molecule has 3 fully saturated rings. The Bertz CT molecular complexity index is 430. The van der Waals surface area contributed by atoms with Gasteiger partial charge in [0.2, 0.25) is 0 Å². The van der Waals surface area contributed by atoms with E-state index in [2.05, 4.69) is 40.5 Å². The van der Waals surface area contributed by atoms with Crippen LogP contribution in [0.5, 0.6) is 0 Å². The topological polar surface area (TPSA) is 15.3 Å². The molecule has 1 heterocycles. The number of hydrogen-bond acceptors (Lipinski definition) is 2. The van der Waals surface area contributed by atoms with Crippen LogP contribution in [0, 0.1) is 11.8 Å². The fourth-order valence-corrected chi connectivity index (χ4v) is 4.64. The van der Waals surface area contributed by atoms with Crippen LogP contribution in [0.3, 0.4) is 0 Å². The van der Waals surface area contributed by atoms with Crippen LogP contribution in [-0.2, 0) is 0 Å². The lowest BCUT2D eigenvalue weighted by Gasteiger charge is -2.41. The van der Waals surface area contributed by atoms with Gasteiger partial charge in [0.25, 0.3) is 0 Å². The van der Waals surface area contributed by atoms with Crippen molar-refractivity contribution >= 4 is 0 Å². The third-order valence-electron chi connectivity index (χ3n) is 5.58. The predicted molar refractivity (Wildman–Crippen MR) is 78.0 cm³/mol. The van der Waals surface area contributed by atoms with Crippen LogP contribution >= 0.6 is 0 Å². The lowest BCUT2D eigenvalue weighted by molar-refractivity contribution is 0.105. The van der Waals surface area contributed by atoms with Gasteiger partial charge < -0.3 is 5.32 Å². The summed E-state index contributed by atoms with van der Waals surface area (Å²) in [6, 6.07) is 12.4. The van der Waals surface area contributed by atoms with E-state index in [0.717, 1.165) is 24.4 Å². The zero-order valence-corrected chi connectivity index (χ0v) is 11.6. The summed E-state index contributed by atoms with van der Waals surface area (Å²) in [6.45, 7) is 3.60. The van der Waals surface area contributed by atoms with Gasteiger partial charge in [0.05, 0.1) is 0 Å². The third kappa shape index (κ3) is 2.21. The summed E-state index contributed by atoms with van der Waals surface area (Å²) in [5.74, 6) is 2.07. The minimum Gasteiger partial charge on any atom is -0.308 e. The first kappa shape index (κ1) is 11.9.